The van der Waals surface area contributed by atoms with Crippen molar-refractivity contribution in [1.82, 2.24) is 10.2 Å². The molecule has 1 heterocycles. The Bertz CT molecular complexity index is 504. The zero-order valence-corrected chi connectivity index (χ0v) is 10.7. The van der Waals surface area contributed by atoms with Crippen LogP contribution >= 0.6 is 0 Å². The predicted molar refractivity (Wildman–Crippen MR) is 70.9 cm³/mol. The molecule has 7 nitrogen and oxygen atoms in total. The molecule has 1 saturated heterocycles. The van der Waals surface area contributed by atoms with Gasteiger partial charge >= 0.3 is 0 Å². The van der Waals surface area contributed by atoms with E-state index in [1.165, 1.54) is 6.07 Å². The first-order valence-corrected chi connectivity index (χ1v) is 6.04. The molecule has 2 rings (SSSR count). The van der Waals surface area contributed by atoms with E-state index >= 15 is 0 Å². The number of hydrogen-bond donors (Lipinski definition) is 2. The third-order valence-electron chi connectivity index (χ3n) is 3.05. The normalized spacial score (nSPS) is 15.9. The molecule has 1 aromatic carbocycles. The fourth-order valence-corrected chi connectivity index (χ4v) is 2.13. The van der Waals surface area contributed by atoms with Crippen LogP contribution in [0, 0.1) is 10.1 Å². The van der Waals surface area contributed by atoms with Gasteiger partial charge in [-0.3, -0.25) is 19.8 Å². The van der Waals surface area contributed by atoms with Crippen LogP contribution in [0.25, 0.3) is 0 Å². The lowest BCUT2D eigenvalue weighted by atomic mass is 10.1. The number of rotatable bonds is 4. The second kappa shape index (κ2) is 5.66. The van der Waals surface area contributed by atoms with E-state index in [0.717, 1.165) is 12.1 Å². The van der Waals surface area contributed by atoms with E-state index in [0.29, 0.717) is 25.3 Å². The van der Waals surface area contributed by atoms with Gasteiger partial charge in [-0.2, -0.15) is 0 Å². The molecule has 0 spiro atoms. The topological polar surface area (TPSA) is 87.5 Å². The van der Waals surface area contributed by atoms with Crippen molar-refractivity contribution in [1.29, 1.82) is 0 Å². The number of piperazine rings is 1. The number of nitro groups is 1. The Morgan fingerprint density at radius 1 is 1.53 bits per heavy atom. The van der Waals surface area contributed by atoms with Crippen LogP contribution in [0.2, 0.25) is 0 Å². The van der Waals surface area contributed by atoms with Crippen LogP contribution in [0.3, 0.4) is 0 Å². The molecule has 2 N–H and O–H groups in total. The summed E-state index contributed by atoms with van der Waals surface area (Å²) in [5.74, 6) is 0.0157. The van der Waals surface area contributed by atoms with Gasteiger partial charge in [-0.05, 0) is 11.6 Å². The van der Waals surface area contributed by atoms with Gasteiger partial charge in [0.2, 0.25) is 5.91 Å². The third kappa shape index (κ3) is 3.19. The van der Waals surface area contributed by atoms with Crippen LogP contribution in [-0.2, 0) is 11.3 Å². The molecular formula is C12H16N4O3. The average Bonchev–Trinajstić information content (AvgIpc) is 2.38. The molecule has 0 bridgehead atoms. The summed E-state index contributed by atoms with van der Waals surface area (Å²) >= 11 is 0. The maximum atomic E-state index is 11.3. The Balaban J connectivity index is 2.12. The van der Waals surface area contributed by atoms with E-state index in [1.54, 1.807) is 19.2 Å². The molecule has 0 aromatic heterocycles. The quantitative estimate of drug-likeness (QED) is 0.613. The summed E-state index contributed by atoms with van der Waals surface area (Å²) in [7, 11) is 1.65. The molecule has 0 unspecified atom stereocenters. The predicted octanol–water partition coefficient (Wildman–Crippen LogP) is 0.568. The first-order valence-electron chi connectivity index (χ1n) is 6.04. The van der Waals surface area contributed by atoms with Crippen molar-refractivity contribution in [3.8, 4) is 0 Å². The van der Waals surface area contributed by atoms with Gasteiger partial charge in [-0.25, -0.2) is 0 Å². The summed E-state index contributed by atoms with van der Waals surface area (Å²) in [5, 5.41) is 16.4. The van der Waals surface area contributed by atoms with Crippen LogP contribution in [0.1, 0.15) is 5.56 Å². The van der Waals surface area contributed by atoms with Crippen LogP contribution in [0.5, 0.6) is 0 Å². The van der Waals surface area contributed by atoms with Crippen molar-refractivity contribution in [3.63, 3.8) is 0 Å². The van der Waals surface area contributed by atoms with E-state index in [4.69, 9.17) is 0 Å². The Kier molecular flexibility index (Phi) is 3.96. The molecule has 1 aliphatic rings. The van der Waals surface area contributed by atoms with Crippen molar-refractivity contribution in [2.24, 2.45) is 0 Å². The first kappa shape index (κ1) is 13.3. The minimum Gasteiger partial charge on any atom is -0.383 e. The molecule has 0 aliphatic carbocycles. The monoisotopic (exact) mass is 264 g/mol. The molecule has 0 saturated carbocycles. The summed E-state index contributed by atoms with van der Waals surface area (Å²) in [6.45, 7) is 2.41. The standard InChI is InChI=1S/C12H16N4O3/c1-13-10-6-9(2-3-11(10)16(18)19)7-15-5-4-14-12(17)8-15/h2-3,6,13H,4-5,7-8H2,1H3,(H,14,17). The largest absolute Gasteiger partial charge is 0.383 e. The number of nitro benzene ring substituents is 1. The van der Waals surface area contributed by atoms with Crippen LogP contribution < -0.4 is 10.6 Å². The Morgan fingerprint density at radius 3 is 2.95 bits per heavy atom. The highest BCUT2D eigenvalue weighted by molar-refractivity contribution is 5.78. The van der Waals surface area contributed by atoms with Crippen molar-refractivity contribution in [3.05, 3.63) is 33.9 Å². The smallest absolute Gasteiger partial charge is 0.292 e. The summed E-state index contributed by atoms with van der Waals surface area (Å²) in [5.41, 5.74) is 1.50. The minimum atomic E-state index is -0.413. The van der Waals surface area contributed by atoms with Gasteiger partial charge in [0.15, 0.2) is 0 Å². The first-order chi connectivity index (χ1) is 9.10. The number of carbonyl (C=O) groups excluding carboxylic acids is 1. The average molecular weight is 264 g/mol. The van der Waals surface area contributed by atoms with Gasteiger partial charge in [0.05, 0.1) is 11.5 Å². The third-order valence-corrected chi connectivity index (χ3v) is 3.05. The molecule has 1 fully saturated rings. The summed E-state index contributed by atoms with van der Waals surface area (Å²) in [4.78, 5) is 23.7. The number of carbonyl (C=O) groups is 1. The number of benzene rings is 1. The van der Waals surface area contributed by atoms with Gasteiger partial charge in [-0.15, -0.1) is 0 Å². The minimum absolute atomic E-state index is 0.0157. The van der Waals surface area contributed by atoms with Gasteiger partial charge in [0.25, 0.3) is 5.69 Å². The SMILES string of the molecule is CNc1cc(CN2CCNC(=O)C2)ccc1[N+](=O)[O-]. The fraction of sp³-hybridized carbons (Fsp3) is 0.417. The zero-order valence-electron chi connectivity index (χ0n) is 10.7. The second-order valence-corrected chi connectivity index (χ2v) is 4.42. The van der Waals surface area contributed by atoms with E-state index < -0.39 is 4.92 Å². The zero-order chi connectivity index (χ0) is 13.8. The van der Waals surface area contributed by atoms with Gasteiger partial charge in [0, 0.05) is 32.7 Å². The van der Waals surface area contributed by atoms with Gasteiger partial charge < -0.3 is 10.6 Å². The van der Waals surface area contributed by atoms with E-state index in [2.05, 4.69) is 10.6 Å². The number of nitrogens with zero attached hydrogens (tertiary/aromatic N) is 2. The molecule has 102 valence electrons. The number of amides is 1. The Hall–Kier alpha value is -2.15. The van der Waals surface area contributed by atoms with Crippen molar-refractivity contribution in [2.45, 2.75) is 6.54 Å². The molecule has 1 aromatic rings. The van der Waals surface area contributed by atoms with Crippen LogP contribution in [-0.4, -0.2) is 42.4 Å². The highest BCUT2D eigenvalue weighted by Crippen LogP contribution is 2.25. The summed E-state index contributed by atoms with van der Waals surface area (Å²) in [6, 6.07) is 4.97. The molecule has 7 heteroatoms. The summed E-state index contributed by atoms with van der Waals surface area (Å²) < 4.78 is 0. The van der Waals surface area contributed by atoms with E-state index in [9.17, 15) is 14.9 Å². The lowest BCUT2D eigenvalue weighted by molar-refractivity contribution is -0.384. The molecule has 0 radical (unpaired) electrons. The van der Waals surface area contributed by atoms with Crippen molar-refractivity contribution in [2.75, 3.05) is 32.0 Å². The second-order valence-electron chi connectivity index (χ2n) is 4.42. The Morgan fingerprint density at radius 2 is 2.32 bits per heavy atom. The number of anilines is 1. The van der Waals surface area contributed by atoms with E-state index in [-0.39, 0.29) is 11.6 Å². The van der Waals surface area contributed by atoms with Crippen LogP contribution in [0.15, 0.2) is 18.2 Å². The lowest BCUT2D eigenvalue weighted by Crippen LogP contribution is -2.47. The van der Waals surface area contributed by atoms with Crippen LogP contribution in [0.4, 0.5) is 11.4 Å². The molecule has 19 heavy (non-hydrogen) atoms. The number of nitrogens with one attached hydrogen (secondary N) is 2. The maximum absolute atomic E-state index is 11.3. The van der Waals surface area contributed by atoms with Gasteiger partial charge in [0.1, 0.15) is 5.69 Å². The highest BCUT2D eigenvalue weighted by Gasteiger charge is 2.18. The maximum Gasteiger partial charge on any atom is 0.292 e. The van der Waals surface area contributed by atoms with Crippen molar-refractivity contribution < 1.29 is 9.72 Å². The van der Waals surface area contributed by atoms with Crippen molar-refractivity contribution >= 4 is 17.3 Å². The Labute approximate surface area is 110 Å². The fourth-order valence-electron chi connectivity index (χ4n) is 2.13. The molecule has 1 amide bonds. The molecule has 1 aliphatic heterocycles. The molecular weight excluding hydrogens is 248 g/mol. The molecule has 0 atom stereocenters. The van der Waals surface area contributed by atoms with Gasteiger partial charge in [-0.1, -0.05) is 6.07 Å². The highest BCUT2D eigenvalue weighted by atomic mass is 16.6. The summed E-state index contributed by atoms with van der Waals surface area (Å²) in [6.07, 6.45) is 0. The lowest BCUT2D eigenvalue weighted by Gasteiger charge is -2.26. The number of hydrogen-bond acceptors (Lipinski definition) is 5. The van der Waals surface area contributed by atoms with E-state index in [1.807, 2.05) is 4.90 Å².